The smallest absolute Gasteiger partial charge is 0.165 e. The van der Waals surface area contributed by atoms with Gasteiger partial charge in [0, 0.05) is 49.2 Å². The Morgan fingerprint density at radius 1 is 1.19 bits per heavy atom. The van der Waals surface area contributed by atoms with Crippen LogP contribution >= 0.6 is 39.9 Å². The molecular formula is C23H29BrCl2N2O3. The number of para-hydroxylation sites is 1. The number of rotatable bonds is 6. The molecule has 2 aromatic carbocycles. The zero-order valence-corrected chi connectivity index (χ0v) is 21.0. The number of hydrogen-bond acceptors (Lipinski definition) is 5. The molecule has 1 N–H and O–H groups in total. The van der Waals surface area contributed by atoms with E-state index in [1.807, 2.05) is 24.3 Å². The lowest BCUT2D eigenvalue weighted by atomic mass is 10.0. The number of fused-ring (bicyclic) bond motifs is 1. The van der Waals surface area contributed by atoms with Crippen molar-refractivity contribution in [3.63, 3.8) is 0 Å². The molecule has 1 fully saturated rings. The van der Waals surface area contributed by atoms with Gasteiger partial charge in [-0.05, 0) is 38.1 Å². The molecule has 0 bridgehead atoms. The van der Waals surface area contributed by atoms with E-state index < -0.39 is 6.10 Å². The van der Waals surface area contributed by atoms with Crippen LogP contribution in [0.4, 0.5) is 5.69 Å². The van der Waals surface area contributed by atoms with Gasteiger partial charge in [-0.1, -0.05) is 39.7 Å². The fraction of sp³-hybridized carbons (Fsp3) is 0.478. The Labute approximate surface area is 203 Å². The summed E-state index contributed by atoms with van der Waals surface area (Å²) in [6.45, 7) is 8.50. The van der Waals surface area contributed by atoms with Gasteiger partial charge < -0.3 is 19.5 Å². The molecule has 0 radical (unpaired) electrons. The molecule has 8 heteroatoms. The number of anilines is 1. The lowest BCUT2D eigenvalue weighted by molar-refractivity contribution is 0.0631. The molecule has 1 atom stereocenters. The summed E-state index contributed by atoms with van der Waals surface area (Å²) in [6, 6.07) is 11.9. The summed E-state index contributed by atoms with van der Waals surface area (Å²) in [5.74, 6) is 1.48. The van der Waals surface area contributed by atoms with Crippen molar-refractivity contribution >= 4 is 45.6 Å². The Balaban J connectivity index is 0.00000272. The molecule has 170 valence electrons. The summed E-state index contributed by atoms with van der Waals surface area (Å²) < 4.78 is 13.0. The Morgan fingerprint density at radius 3 is 2.61 bits per heavy atom. The highest BCUT2D eigenvalue weighted by molar-refractivity contribution is 9.10. The molecule has 4 rings (SSSR count). The molecular weight excluding hydrogens is 503 g/mol. The van der Waals surface area contributed by atoms with Crippen molar-refractivity contribution in [3.8, 4) is 11.5 Å². The summed E-state index contributed by atoms with van der Waals surface area (Å²) in [5.41, 5.74) is 1.98. The zero-order chi connectivity index (χ0) is 21.3. The molecule has 2 heterocycles. The van der Waals surface area contributed by atoms with E-state index >= 15 is 0 Å². The number of halogens is 3. The van der Waals surface area contributed by atoms with Gasteiger partial charge in [0.25, 0.3) is 0 Å². The van der Waals surface area contributed by atoms with Gasteiger partial charge in [0.05, 0.1) is 10.7 Å². The number of piperazine rings is 1. The zero-order valence-electron chi connectivity index (χ0n) is 17.8. The Hall–Kier alpha value is -1.18. The maximum atomic E-state index is 10.6. The van der Waals surface area contributed by atoms with Crippen molar-refractivity contribution in [2.75, 3.05) is 44.2 Å². The van der Waals surface area contributed by atoms with Gasteiger partial charge in [0.15, 0.2) is 11.5 Å². The summed E-state index contributed by atoms with van der Waals surface area (Å²) in [5, 5.41) is 11.3. The van der Waals surface area contributed by atoms with E-state index in [2.05, 4.69) is 51.7 Å². The average molecular weight is 532 g/mol. The lowest BCUT2D eigenvalue weighted by Gasteiger charge is -2.37. The van der Waals surface area contributed by atoms with E-state index in [1.54, 1.807) is 0 Å². The molecule has 0 saturated carbocycles. The van der Waals surface area contributed by atoms with E-state index in [0.717, 1.165) is 59.1 Å². The van der Waals surface area contributed by atoms with Gasteiger partial charge in [-0.25, -0.2) is 0 Å². The molecule has 2 aliphatic rings. The summed E-state index contributed by atoms with van der Waals surface area (Å²) >= 11 is 9.87. The Bertz CT molecular complexity index is 904. The second kappa shape index (κ2) is 10.2. The highest BCUT2D eigenvalue weighted by Gasteiger charge is 2.33. The third-order valence-electron chi connectivity index (χ3n) is 5.56. The SMILES string of the molecule is CC1(C)Cc2cc(Br)cc(OCC(O)CN3CCN(c4ccccc4Cl)CC3)c2O1.Cl. The van der Waals surface area contributed by atoms with Gasteiger partial charge >= 0.3 is 0 Å². The molecule has 0 amide bonds. The number of nitrogens with zero attached hydrogens (tertiary/aromatic N) is 2. The van der Waals surface area contributed by atoms with Crippen LogP contribution in [0.3, 0.4) is 0 Å². The minimum Gasteiger partial charge on any atom is -0.487 e. The van der Waals surface area contributed by atoms with E-state index in [1.165, 1.54) is 0 Å². The number of aliphatic hydroxyl groups is 1. The number of hydrogen-bond donors (Lipinski definition) is 1. The molecule has 31 heavy (non-hydrogen) atoms. The molecule has 2 aromatic rings. The molecule has 0 spiro atoms. The maximum Gasteiger partial charge on any atom is 0.165 e. The third-order valence-corrected chi connectivity index (χ3v) is 6.33. The van der Waals surface area contributed by atoms with E-state index in [4.69, 9.17) is 21.1 Å². The van der Waals surface area contributed by atoms with Crippen LogP contribution in [0.25, 0.3) is 0 Å². The Kier molecular flexibility index (Phi) is 8.03. The van der Waals surface area contributed by atoms with Crippen LogP contribution in [0.15, 0.2) is 40.9 Å². The highest BCUT2D eigenvalue weighted by Crippen LogP contribution is 2.43. The van der Waals surface area contributed by atoms with Crippen molar-refractivity contribution in [3.05, 3.63) is 51.5 Å². The second-order valence-corrected chi connectivity index (χ2v) is 9.96. The van der Waals surface area contributed by atoms with Crippen LogP contribution in [-0.2, 0) is 6.42 Å². The Morgan fingerprint density at radius 2 is 1.90 bits per heavy atom. The molecule has 5 nitrogen and oxygen atoms in total. The summed E-state index contributed by atoms with van der Waals surface area (Å²) in [4.78, 5) is 4.57. The summed E-state index contributed by atoms with van der Waals surface area (Å²) in [7, 11) is 0. The van der Waals surface area contributed by atoms with Crippen LogP contribution < -0.4 is 14.4 Å². The van der Waals surface area contributed by atoms with E-state index in [0.29, 0.717) is 12.3 Å². The van der Waals surface area contributed by atoms with Crippen LogP contribution in [0.2, 0.25) is 5.02 Å². The standard InChI is InChI=1S/C23H28BrClN2O3.ClH/c1-23(2)13-16-11-17(24)12-21(22(16)30-23)29-15-18(28)14-26-7-9-27(10-8-26)20-6-4-3-5-19(20)25;/h3-6,11-12,18,28H,7-10,13-15H2,1-2H3;1H. The molecule has 1 unspecified atom stereocenters. The molecule has 1 saturated heterocycles. The molecule has 2 aliphatic heterocycles. The van der Waals surface area contributed by atoms with Crippen LogP contribution in [0.1, 0.15) is 19.4 Å². The van der Waals surface area contributed by atoms with Crippen LogP contribution in [-0.4, -0.2) is 61.0 Å². The first-order valence-electron chi connectivity index (χ1n) is 10.3. The number of β-amino-alcohol motifs (C(OH)–C–C–N with tert-alkyl or cyclic N) is 1. The van der Waals surface area contributed by atoms with E-state index in [9.17, 15) is 5.11 Å². The van der Waals surface area contributed by atoms with E-state index in [-0.39, 0.29) is 24.6 Å². The summed E-state index contributed by atoms with van der Waals surface area (Å²) in [6.07, 6.45) is 0.275. The van der Waals surface area contributed by atoms with Crippen molar-refractivity contribution in [1.29, 1.82) is 0 Å². The number of ether oxygens (including phenoxy) is 2. The van der Waals surface area contributed by atoms with Gasteiger partial charge in [0.2, 0.25) is 0 Å². The first-order valence-corrected chi connectivity index (χ1v) is 11.5. The van der Waals surface area contributed by atoms with Crippen molar-refractivity contribution in [2.45, 2.75) is 32.0 Å². The monoisotopic (exact) mass is 530 g/mol. The van der Waals surface area contributed by atoms with Gasteiger partial charge in [-0.2, -0.15) is 0 Å². The highest BCUT2D eigenvalue weighted by atomic mass is 79.9. The predicted octanol–water partition coefficient (Wildman–Crippen LogP) is 4.80. The first-order chi connectivity index (χ1) is 14.3. The minimum absolute atomic E-state index is 0. The number of aliphatic hydroxyl groups excluding tert-OH is 1. The third kappa shape index (κ3) is 5.99. The van der Waals surface area contributed by atoms with Crippen LogP contribution in [0.5, 0.6) is 11.5 Å². The first kappa shape index (κ1) is 24.5. The van der Waals surface area contributed by atoms with Gasteiger partial charge in [0.1, 0.15) is 18.3 Å². The van der Waals surface area contributed by atoms with Gasteiger partial charge in [-0.15, -0.1) is 12.4 Å². The van der Waals surface area contributed by atoms with Crippen molar-refractivity contribution < 1.29 is 14.6 Å². The fourth-order valence-corrected chi connectivity index (χ4v) is 4.90. The largest absolute Gasteiger partial charge is 0.487 e. The normalized spacial score (nSPS) is 18.7. The average Bonchev–Trinajstić information content (AvgIpc) is 3.01. The number of benzene rings is 2. The van der Waals surface area contributed by atoms with Crippen molar-refractivity contribution in [1.82, 2.24) is 4.90 Å². The molecule has 0 aliphatic carbocycles. The second-order valence-electron chi connectivity index (χ2n) is 8.63. The fourth-order valence-electron chi connectivity index (χ4n) is 4.16. The maximum absolute atomic E-state index is 10.6. The molecule has 0 aromatic heterocycles. The minimum atomic E-state index is -0.569. The lowest BCUT2D eigenvalue weighted by Crippen LogP contribution is -2.49. The van der Waals surface area contributed by atoms with Gasteiger partial charge in [-0.3, -0.25) is 4.90 Å². The quantitative estimate of drug-likeness (QED) is 0.580. The topological polar surface area (TPSA) is 45.2 Å². The van der Waals surface area contributed by atoms with Crippen LogP contribution in [0, 0.1) is 0 Å². The van der Waals surface area contributed by atoms with Crippen molar-refractivity contribution in [2.24, 2.45) is 0 Å². The predicted molar refractivity (Wildman–Crippen MR) is 131 cm³/mol.